The summed E-state index contributed by atoms with van der Waals surface area (Å²) in [4.78, 5) is 12.1. The molecule has 0 unspecified atom stereocenters. The molecule has 2 nitrogen and oxygen atoms in total. The number of rotatable bonds is 2. The maximum atomic E-state index is 13.2. The van der Waals surface area contributed by atoms with Crippen molar-refractivity contribution in [3.05, 3.63) is 61.8 Å². The van der Waals surface area contributed by atoms with Crippen molar-refractivity contribution in [3.8, 4) is 0 Å². The van der Waals surface area contributed by atoms with E-state index in [9.17, 15) is 9.18 Å². The molecule has 0 aliphatic rings. The topological polar surface area (TPSA) is 29.1 Å². The summed E-state index contributed by atoms with van der Waals surface area (Å²) in [5.74, 6) is -0.736. The van der Waals surface area contributed by atoms with Crippen LogP contribution in [0.15, 0.2) is 34.8 Å². The summed E-state index contributed by atoms with van der Waals surface area (Å²) < 4.78 is 13.8. The lowest BCUT2D eigenvalue weighted by molar-refractivity contribution is 0.102. The van der Waals surface area contributed by atoms with Gasteiger partial charge >= 0.3 is 0 Å². The molecule has 2 aromatic rings. The van der Waals surface area contributed by atoms with Crippen molar-refractivity contribution in [1.29, 1.82) is 0 Å². The van der Waals surface area contributed by atoms with E-state index in [0.717, 1.165) is 0 Å². The maximum absolute atomic E-state index is 13.2. The summed E-state index contributed by atoms with van der Waals surface area (Å²) in [6.07, 6.45) is 0. The number of aryl methyl sites for hydroxylation is 1. The molecule has 0 aromatic heterocycles. The van der Waals surface area contributed by atoms with Gasteiger partial charge in [-0.05, 0) is 58.7 Å². The molecule has 0 saturated carbocycles. The molecule has 104 valence electrons. The van der Waals surface area contributed by atoms with Gasteiger partial charge in [-0.3, -0.25) is 4.79 Å². The Balaban J connectivity index is 2.28. The molecule has 1 N–H and O–H groups in total. The van der Waals surface area contributed by atoms with E-state index >= 15 is 0 Å². The molecule has 0 spiro atoms. The standard InChI is InChI=1S/C14H9BrCl2FNO/c1-7-6-8(2-4-10(7)18)14(20)19-11-5-3-9(15)12(16)13(11)17/h2-6H,1H3,(H,19,20). The molecule has 6 heteroatoms. The second-order valence-corrected chi connectivity index (χ2v) is 5.75. The van der Waals surface area contributed by atoms with Gasteiger partial charge in [0.15, 0.2) is 0 Å². The molecule has 0 atom stereocenters. The van der Waals surface area contributed by atoms with E-state index in [1.165, 1.54) is 18.2 Å². The summed E-state index contributed by atoms with van der Waals surface area (Å²) >= 11 is 15.3. The average Bonchev–Trinajstić information content (AvgIpc) is 2.42. The van der Waals surface area contributed by atoms with Gasteiger partial charge in [0.1, 0.15) is 5.82 Å². The van der Waals surface area contributed by atoms with Crippen molar-refractivity contribution < 1.29 is 9.18 Å². The van der Waals surface area contributed by atoms with E-state index < -0.39 is 0 Å². The third kappa shape index (κ3) is 3.14. The zero-order valence-corrected chi connectivity index (χ0v) is 13.4. The van der Waals surface area contributed by atoms with Crippen molar-refractivity contribution in [1.82, 2.24) is 0 Å². The van der Waals surface area contributed by atoms with Crippen LogP contribution in [0, 0.1) is 12.7 Å². The Kier molecular flexibility index (Phi) is 4.68. The minimum absolute atomic E-state index is 0.244. The summed E-state index contributed by atoms with van der Waals surface area (Å²) in [6.45, 7) is 1.59. The lowest BCUT2D eigenvalue weighted by Gasteiger charge is -2.10. The van der Waals surface area contributed by atoms with Crippen molar-refractivity contribution in [3.63, 3.8) is 0 Å². The number of anilines is 1. The number of carbonyl (C=O) groups excluding carboxylic acids is 1. The largest absolute Gasteiger partial charge is 0.321 e. The van der Waals surface area contributed by atoms with Gasteiger partial charge in [0.05, 0.1) is 15.7 Å². The minimum Gasteiger partial charge on any atom is -0.321 e. The number of halogens is 4. The van der Waals surface area contributed by atoms with Gasteiger partial charge in [-0.2, -0.15) is 0 Å². The molecule has 0 heterocycles. The lowest BCUT2D eigenvalue weighted by atomic mass is 10.1. The fourth-order valence-corrected chi connectivity index (χ4v) is 2.42. The third-order valence-electron chi connectivity index (χ3n) is 2.70. The van der Waals surface area contributed by atoms with Crippen LogP contribution in [-0.4, -0.2) is 5.91 Å². The smallest absolute Gasteiger partial charge is 0.255 e. The first-order valence-corrected chi connectivity index (χ1v) is 7.16. The molecular weight excluding hydrogens is 368 g/mol. The Bertz CT molecular complexity index is 691. The molecule has 0 radical (unpaired) electrons. The van der Waals surface area contributed by atoms with Crippen molar-refractivity contribution in [2.45, 2.75) is 6.92 Å². The van der Waals surface area contributed by atoms with E-state index in [1.807, 2.05) is 0 Å². The lowest BCUT2D eigenvalue weighted by Crippen LogP contribution is -2.12. The van der Waals surface area contributed by atoms with Crippen molar-refractivity contribution >= 4 is 50.7 Å². The number of amides is 1. The Morgan fingerprint density at radius 2 is 1.90 bits per heavy atom. The highest BCUT2D eigenvalue weighted by atomic mass is 79.9. The van der Waals surface area contributed by atoms with Crippen LogP contribution in [0.1, 0.15) is 15.9 Å². The molecule has 0 fully saturated rings. The predicted molar refractivity (Wildman–Crippen MR) is 83.3 cm³/mol. The fraction of sp³-hybridized carbons (Fsp3) is 0.0714. The SMILES string of the molecule is Cc1cc(C(=O)Nc2ccc(Br)c(Cl)c2Cl)ccc1F. The molecule has 2 aromatic carbocycles. The van der Waals surface area contributed by atoms with Gasteiger partial charge in [-0.25, -0.2) is 4.39 Å². The van der Waals surface area contributed by atoms with Gasteiger partial charge in [0.2, 0.25) is 0 Å². The van der Waals surface area contributed by atoms with E-state index in [-0.39, 0.29) is 16.7 Å². The van der Waals surface area contributed by atoms with Gasteiger partial charge in [-0.1, -0.05) is 23.2 Å². The van der Waals surface area contributed by atoms with E-state index in [1.54, 1.807) is 19.1 Å². The molecule has 1 amide bonds. The number of carbonyl (C=O) groups is 1. The van der Waals surface area contributed by atoms with Crippen LogP contribution in [0.5, 0.6) is 0 Å². The van der Waals surface area contributed by atoms with Gasteiger partial charge in [0.25, 0.3) is 5.91 Å². The molecule has 0 bridgehead atoms. The Hall–Kier alpha value is -1.10. The molecule has 2 rings (SSSR count). The minimum atomic E-state index is -0.381. The molecule has 0 aliphatic carbocycles. The van der Waals surface area contributed by atoms with Gasteiger partial charge in [0, 0.05) is 10.0 Å². The van der Waals surface area contributed by atoms with Crippen LogP contribution in [0.25, 0.3) is 0 Å². The number of hydrogen-bond donors (Lipinski definition) is 1. The molecule has 0 saturated heterocycles. The van der Waals surface area contributed by atoms with Crippen molar-refractivity contribution in [2.24, 2.45) is 0 Å². The van der Waals surface area contributed by atoms with Crippen LogP contribution in [0.3, 0.4) is 0 Å². The summed E-state index contributed by atoms with van der Waals surface area (Å²) in [5, 5.41) is 3.21. The monoisotopic (exact) mass is 375 g/mol. The second kappa shape index (κ2) is 6.12. The van der Waals surface area contributed by atoms with Crippen molar-refractivity contribution in [2.75, 3.05) is 5.32 Å². The van der Waals surface area contributed by atoms with Crippen LogP contribution in [-0.2, 0) is 0 Å². The first kappa shape index (κ1) is 15.3. The first-order valence-electron chi connectivity index (χ1n) is 5.61. The average molecular weight is 377 g/mol. The van der Waals surface area contributed by atoms with E-state index in [4.69, 9.17) is 23.2 Å². The highest BCUT2D eigenvalue weighted by Crippen LogP contribution is 2.36. The number of benzene rings is 2. The van der Waals surface area contributed by atoms with Gasteiger partial charge < -0.3 is 5.32 Å². The normalized spacial score (nSPS) is 10.4. The first-order chi connectivity index (χ1) is 9.40. The molecular formula is C14H9BrCl2FNO. The third-order valence-corrected chi connectivity index (χ3v) is 4.47. The van der Waals surface area contributed by atoms with Crippen LogP contribution < -0.4 is 5.32 Å². The second-order valence-electron chi connectivity index (χ2n) is 4.14. The summed E-state index contributed by atoms with van der Waals surface area (Å²) in [7, 11) is 0. The zero-order chi connectivity index (χ0) is 14.9. The Morgan fingerprint density at radius 1 is 1.20 bits per heavy atom. The van der Waals surface area contributed by atoms with E-state index in [2.05, 4.69) is 21.2 Å². The Morgan fingerprint density at radius 3 is 2.55 bits per heavy atom. The number of hydrogen-bond acceptors (Lipinski definition) is 1. The maximum Gasteiger partial charge on any atom is 0.255 e. The molecule has 0 aliphatic heterocycles. The zero-order valence-electron chi connectivity index (χ0n) is 10.3. The van der Waals surface area contributed by atoms with Crippen LogP contribution in [0.2, 0.25) is 10.0 Å². The van der Waals surface area contributed by atoms with Gasteiger partial charge in [-0.15, -0.1) is 0 Å². The number of nitrogens with one attached hydrogen (secondary N) is 1. The summed E-state index contributed by atoms with van der Waals surface area (Å²) in [6, 6.07) is 7.44. The Labute approximate surface area is 134 Å². The van der Waals surface area contributed by atoms with Crippen LogP contribution >= 0.6 is 39.1 Å². The quantitative estimate of drug-likeness (QED) is 0.693. The predicted octanol–water partition coefficient (Wildman–Crippen LogP) is 5.46. The summed E-state index contributed by atoms with van der Waals surface area (Å²) in [5.41, 5.74) is 1.14. The van der Waals surface area contributed by atoms with E-state index in [0.29, 0.717) is 26.3 Å². The van der Waals surface area contributed by atoms with Crippen LogP contribution in [0.4, 0.5) is 10.1 Å². The fourth-order valence-electron chi connectivity index (χ4n) is 1.60. The highest BCUT2D eigenvalue weighted by molar-refractivity contribution is 9.10. The molecule has 20 heavy (non-hydrogen) atoms. The highest BCUT2D eigenvalue weighted by Gasteiger charge is 2.13.